The zero-order chi connectivity index (χ0) is 22.6. The molecule has 1 heterocycles. The molecule has 1 saturated heterocycles. The predicted octanol–water partition coefficient (Wildman–Crippen LogP) is 2.45. The molecule has 0 radical (unpaired) electrons. The van der Waals surface area contributed by atoms with Crippen LogP contribution in [0, 0.1) is 6.92 Å². The maximum Gasteiger partial charge on any atom is 0.338 e. The van der Waals surface area contributed by atoms with E-state index >= 15 is 0 Å². The van der Waals surface area contributed by atoms with Gasteiger partial charge in [0.05, 0.1) is 30.8 Å². The number of rotatable bonds is 7. The molecule has 0 bridgehead atoms. The monoisotopic (exact) mass is 447 g/mol. The van der Waals surface area contributed by atoms with Gasteiger partial charge in [0, 0.05) is 18.7 Å². The summed E-state index contributed by atoms with van der Waals surface area (Å²) in [6.45, 7) is 4.30. The first kappa shape index (κ1) is 22.9. The Kier molecular flexibility index (Phi) is 7.09. The van der Waals surface area contributed by atoms with Gasteiger partial charge in [0.1, 0.15) is 5.75 Å². The third kappa shape index (κ3) is 5.12. The van der Waals surface area contributed by atoms with Gasteiger partial charge >= 0.3 is 5.97 Å². The number of esters is 1. The molecule has 8 nitrogen and oxygen atoms in total. The molecule has 0 aliphatic carbocycles. The van der Waals surface area contributed by atoms with Crippen molar-refractivity contribution in [2.24, 2.45) is 0 Å². The van der Waals surface area contributed by atoms with Gasteiger partial charge in [0.25, 0.3) is 0 Å². The molecule has 0 amide bonds. The van der Waals surface area contributed by atoms with Gasteiger partial charge in [-0.15, -0.1) is 0 Å². The Morgan fingerprint density at radius 2 is 1.65 bits per heavy atom. The van der Waals surface area contributed by atoms with E-state index < -0.39 is 22.1 Å². The Labute approximate surface area is 181 Å². The summed E-state index contributed by atoms with van der Waals surface area (Å²) in [4.78, 5) is 25.2. The topological polar surface area (TPSA) is 99.2 Å². The number of Topliss-reactive ketones (excluding diaryl/α,β-unsaturated/α-hetero) is 1. The quantitative estimate of drug-likeness (QED) is 0.475. The largest absolute Gasteiger partial charge is 0.497 e. The van der Waals surface area contributed by atoms with Gasteiger partial charge in [-0.2, -0.15) is 4.31 Å². The van der Waals surface area contributed by atoms with E-state index in [1.165, 1.54) is 30.5 Å². The summed E-state index contributed by atoms with van der Waals surface area (Å²) in [5.41, 5.74) is 0.956. The first-order valence-electron chi connectivity index (χ1n) is 9.82. The average Bonchev–Trinajstić information content (AvgIpc) is 2.79. The van der Waals surface area contributed by atoms with E-state index in [2.05, 4.69) is 0 Å². The highest BCUT2D eigenvalue weighted by Crippen LogP contribution is 2.23. The van der Waals surface area contributed by atoms with Crippen LogP contribution in [0.15, 0.2) is 47.4 Å². The van der Waals surface area contributed by atoms with Crippen LogP contribution in [0.5, 0.6) is 5.75 Å². The second kappa shape index (κ2) is 9.59. The minimum absolute atomic E-state index is 0.0398. The van der Waals surface area contributed by atoms with Gasteiger partial charge in [-0.05, 0) is 55.8 Å². The second-order valence-corrected chi connectivity index (χ2v) is 9.04. The Balaban J connectivity index is 1.77. The number of methoxy groups -OCH3 is 1. The Bertz CT molecular complexity index is 1060. The van der Waals surface area contributed by atoms with Crippen LogP contribution >= 0.6 is 0 Å². The molecule has 2 aromatic rings. The van der Waals surface area contributed by atoms with E-state index in [4.69, 9.17) is 14.2 Å². The fraction of sp³-hybridized carbons (Fsp3) is 0.364. The zero-order valence-electron chi connectivity index (χ0n) is 17.7. The molecule has 1 unspecified atom stereocenters. The third-order valence-electron chi connectivity index (χ3n) is 5.04. The molecule has 3 rings (SSSR count). The lowest BCUT2D eigenvalue weighted by Gasteiger charge is -2.26. The number of ketones is 1. The Morgan fingerprint density at radius 3 is 2.26 bits per heavy atom. The van der Waals surface area contributed by atoms with Crippen LogP contribution in [0.1, 0.15) is 33.2 Å². The molecule has 2 aromatic carbocycles. The molecular weight excluding hydrogens is 422 g/mol. The molecule has 166 valence electrons. The molecule has 31 heavy (non-hydrogen) atoms. The average molecular weight is 448 g/mol. The van der Waals surface area contributed by atoms with Gasteiger partial charge < -0.3 is 14.2 Å². The summed E-state index contributed by atoms with van der Waals surface area (Å²) in [6, 6.07) is 10.8. The van der Waals surface area contributed by atoms with Crippen LogP contribution in [0.25, 0.3) is 0 Å². The van der Waals surface area contributed by atoms with Gasteiger partial charge in [-0.25, -0.2) is 13.2 Å². The minimum Gasteiger partial charge on any atom is -0.497 e. The minimum atomic E-state index is -3.78. The maximum absolute atomic E-state index is 13.0. The fourth-order valence-corrected chi connectivity index (χ4v) is 4.86. The summed E-state index contributed by atoms with van der Waals surface area (Å²) >= 11 is 0. The van der Waals surface area contributed by atoms with Crippen molar-refractivity contribution in [2.75, 3.05) is 33.4 Å². The van der Waals surface area contributed by atoms with Gasteiger partial charge in [-0.1, -0.05) is 6.07 Å². The van der Waals surface area contributed by atoms with Crippen molar-refractivity contribution in [1.29, 1.82) is 0 Å². The van der Waals surface area contributed by atoms with Crippen LogP contribution in [0.2, 0.25) is 0 Å². The molecular formula is C22H25NO7S. The lowest BCUT2D eigenvalue weighted by Crippen LogP contribution is -2.40. The van der Waals surface area contributed by atoms with Crippen molar-refractivity contribution in [2.45, 2.75) is 24.8 Å². The van der Waals surface area contributed by atoms with Crippen LogP contribution in [0.3, 0.4) is 0 Å². The number of carbonyl (C=O) groups is 2. The summed E-state index contributed by atoms with van der Waals surface area (Å²) in [5.74, 6) is -0.535. The number of nitrogens with zero attached hydrogens (tertiary/aromatic N) is 1. The number of hydrogen-bond donors (Lipinski definition) is 0. The van der Waals surface area contributed by atoms with Crippen molar-refractivity contribution in [3.8, 4) is 5.75 Å². The van der Waals surface area contributed by atoms with Gasteiger partial charge in [0.2, 0.25) is 15.8 Å². The van der Waals surface area contributed by atoms with E-state index in [-0.39, 0.29) is 29.3 Å². The molecule has 0 spiro atoms. The number of sulfonamides is 1. The summed E-state index contributed by atoms with van der Waals surface area (Å²) in [6.07, 6.45) is -1.04. The number of morpholine rings is 1. The van der Waals surface area contributed by atoms with Gasteiger partial charge in [0.15, 0.2) is 6.10 Å². The molecule has 1 aliphatic rings. The summed E-state index contributed by atoms with van der Waals surface area (Å²) in [7, 11) is -2.25. The molecule has 0 N–H and O–H groups in total. The molecule has 0 saturated carbocycles. The van der Waals surface area contributed by atoms with E-state index in [0.717, 1.165) is 0 Å². The van der Waals surface area contributed by atoms with E-state index in [9.17, 15) is 18.0 Å². The number of ether oxygens (including phenoxy) is 3. The van der Waals surface area contributed by atoms with Crippen LogP contribution in [-0.2, 0) is 19.5 Å². The summed E-state index contributed by atoms with van der Waals surface area (Å²) in [5, 5.41) is 0. The van der Waals surface area contributed by atoms with E-state index in [1.54, 1.807) is 37.3 Å². The number of aryl methyl sites for hydroxylation is 1. The number of benzene rings is 2. The first-order valence-corrected chi connectivity index (χ1v) is 11.3. The van der Waals surface area contributed by atoms with Crippen molar-refractivity contribution < 1.29 is 32.2 Å². The van der Waals surface area contributed by atoms with Crippen molar-refractivity contribution in [3.05, 3.63) is 59.2 Å². The van der Waals surface area contributed by atoms with Crippen LogP contribution < -0.4 is 4.74 Å². The van der Waals surface area contributed by atoms with Crippen LogP contribution in [0.4, 0.5) is 0 Å². The lowest BCUT2D eigenvalue weighted by atomic mass is 10.1. The van der Waals surface area contributed by atoms with Crippen molar-refractivity contribution >= 4 is 21.8 Å². The van der Waals surface area contributed by atoms with E-state index in [1.807, 2.05) is 0 Å². The Morgan fingerprint density at radius 1 is 1.03 bits per heavy atom. The normalized spacial score (nSPS) is 15.8. The van der Waals surface area contributed by atoms with Crippen molar-refractivity contribution in [3.63, 3.8) is 0 Å². The standard InChI is InChI=1S/C22H25NO7S/c1-15-4-5-18(14-20(15)31(26,27)23-10-12-29-13-11-23)22(25)30-16(2)21(24)17-6-8-19(28-3)9-7-17/h4-9,14,16H,10-13H2,1-3H3. The first-order chi connectivity index (χ1) is 14.7. The maximum atomic E-state index is 13.0. The highest BCUT2D eigenvalue weighted by molar-refractivity contribution is 7.89. The zero-order valence-corrected chi connectivity index (χ0v) is 18.5. The van der Waals surface area contributed by atoms with Gasteiger partial charge in [-0.3, -0.25) is 4.79 Å². The Hall–Kier alpha value is -2.75. The van der Waals surface area contributed by atoms with Crippen LogP contribution in [-0.4, -0.2) is 64.0 Å². The second-order valence-electron chi connectivity index (χ2n) is 7.14. The highest BCUT2D eigenvalue weighted by Gasteiger charge is 2.29. The molecule has 9 heteroatoms. The lowest BCUT2D eigenvalue weighted by molar-refractivity contribution is 0.0318. The highest BCUT2D eigenvalue weighted by atomic mass is 32.2. The molecule has 0 aromatic heterocycles. The smallest absolute Gasteiger partial charge is 0.338 e. The molecule has 1 aliphatic heterocycles. The third-order valence-corrected chi connectivity index (χ3v) is 7.08. The van der Waals surface area contributed by atoms with E-state index in [0.29, 0.717) is 30.1 Å². The molecule has 1 atom stereocenters. The number of carbonyl (C=O) groups excluding carboxylic acids is 2. The number of hydrogen-bond acceptors (Lipinski definition) is 7. The summed E-state index contributed by atoms with van der Waals surface area (Å²) < 4.78 is 42.9. The van der Waals surface area contributed by atoms with Crippen molar-refractivity contribution in [1.82, 2.24) is 4.31 Å². The fourth-order valence-electron chi connectivity index (χ4n) is 3.20. The molecule has 1 fully saturated rings. The SMILES string of the molecule is COc1ccc(C(=O)C(C)OC(=O)c2ccc(C)c(S(=O)(=O)N3CCOCC3)c2)cc1. The predicted molar refractivity (Wildman–Crippen MR) is 113 cm³/mol.